The third-order valence-electron chi connectivity index (χ3n) is 4.15. The molecule has 8 heteroatoms. The number of aromatic nitrogens is 3. The topological polar surface area (TPSA) is 99.9 Å². The van der Waals surface area contributed by atoms with Crippen LogP contribution >= 0.6 is 11.8 Å². The van der Waals surface area contributed by atoms with Gasteiger partial charge < -0.3 is 15.2 Å². The average molecular weight is 407 g/mol. The summed E-state index contributed by atoms with van der Waals surface area (Å²) in [5, 5.41) is 22.7. The van der Waals surface area contributed by atoms with Crippen molar-refractivity contribution in [2.75, 3.05) is 11.1 Å². The van der Waals surface area contributed by atoms with Gasteiger partial charge in [-0.1, -0.05) is 54.2 Å². The summed E-state index contributed by atoms with van der Waals surface area (Å²) >= 11 is 1.27. The van der Waals surface area contributed by atoms with Crippen LogP contribution < -0.4 is 10.4 Å². The summed E-state index contributed by atoms with van der Waals surface area (Å²) < 4.78 is 1.92. The lowest BCUT2D eigenvalue weighted by atomic mass is 10.1. The Hall–Kier alpha value is -3.39. The molecule has 0 saturated heterocycles. The number of aromatic carboxylic acids is 1. The van der Waals surface area contributed by atoms with Gasteiger partial charge in [0.05, 0.1) is 11.7 Å². The van der Waals surface area contributed by atoms with Crippen LogP contribution in [0.4, 0.5) is 5.69 Å². The van der Waals surface area contributed by atoms with E-state index < -0.39 is 5.97 Å². The Kier molecular flexibility index (Phi) is 6.46. The number of carboxylic acids is 1. The predicted molar refractivity (Wildman–Crippen MR) is 111 cm³/mol. The highest BCUT2D eigenvalue weighted by molar-refractivity contribution is 7.99. The number of aryl methyl sites for hydroxylation is 1. The fourth-order valence-corrected chi connectivity index (χ4v) is 3.48. The zero-order valence-corrected chi connectivity index (χ0v) is 16.6. The fourth-order valence-electron chi connectivity index (χ4n) is 2.73. The molecule has 2 aromatic carbocycles. The minimum atomic E-state index is -1.26. The molecule has 3 rings (SSSR count). The number of hydrogen-bond donors (Lipinski definition) is 1. The van der Waals surface area contributed by atoms with Crippen LogP contribution in [0.5, 0.6) is 0 Å². The second-order valence-corrected chi connectivity index (χ2v) is 7.16. The molecule has 3 aromatic rings. The predicted octanol–water partition coefficient (Wildman–Crippen LogP) is 2.53. The van der Waals surface area contributed by atoms with Crippen LogP contribution in [-0.4, -0.2) is 32.4 Å². The number of carboxylic acid groups (broad SMARTS) is 1. The molecule has 0 aliphatic rings. The van der Waals surface area contributed by atoms with E-state index in [1.807, 2.05) is 35.8 Å². The third-order valence-corrected chi connectivity index (χ3v) is 5.12. The monoisotopic (exact) mass is 407 g/mol. The van der Waals surface area contributed by atoms with Gasteiger partial charge in [-0.15, -0.1) is 16.8 Å². The molecule has 1 aromatic heterocycles. The van der Waals surface area contributed by atoms with Gasteiger partial charge in [0.25, 0.3) is 0 Å². The van der Waals surface area contributed by atoms with E-state index in [2.05, 4.69) is 22.1 Å². The van der Waals surface area contributed by atoms with Crippen molar-refractivity contribution in [2.24, 2.45) is 0 Å². The lowest BCUT2D eigenvalue weighted by molar-refractivity contribution is -0.255. The first-order valence-corrected chi connectivity index (χ1v) is 9.82. The van der Waals surface area contributed by atoms with Crippen LogP contribution in [0.1, 0.15) is 15.9 Å². The molecule has 1 heterocycles. The van der Waals surface area contributed by atoms with Crippen molar-refractivity contribution >= 4 is 29.3 Å². The number of carbonyl (C=O) groups excluding carboxylic acids is 2. The Morgan fingerprint density at radius 2 is 1.90 bits per heavy atom. The summed E-state index contributed by atoms with van der Waals surface area (Å²) in [5.74, 6) is -0.638. The molecule has 7 nitrogen and oxygen atoms in total. The number of benzene rings is 2. The second-order valence-electron chi connectivity index (χ2n) is 6.22. The van der Waals surface area contributed by atoms with E-state index in [-0.39, 0.29) is 17.2 Å². The standard InChI is InChI=1S/C21H20N4O3S/c1-3-12-25-19(17-7-5-4-6-14(17)2)23-24-21(25)29-13-18(26)22-16-10-8-15(9-11-16)20(27)28/h3-11H,1,12-13H2,2H3,(H,22,26)(H,27,28)/p-1. The third kappa shape index (κ3) is 4.91. The average Bonchev–Trinajstić information content (AvgIpc) is 3.10. The van der Waals surface area contributed by atoms with Crippen molar-refractivity contribution in [3.05, 3.63) is 72.3 Å². The van der Waals surface area contributed by atoms with Crippen molar-refractivity contribution in [3.8, 4) is 11.4 Å². The highest BCUT2D eigenvalue weighted by atomic mass is 32.2. The summed E-state index contributed by atoms with van der Waals surface area (Å²) in [5.41, 5.74) is 2.62. The molecule has 29 heavy (non-hydrogen) atoms. The van der Waals surface area contributed by atoms with Crippen LogP contribution in [0.25, 0.3) is 11.4 Å². The van der Waals surface area contributed by atoms with Crippen molar-refractivity contribution in [3.63, 3.8) is 0 Å². The summed E-state index contributed by atoms with van der Waals surface area (Å²) in [6.07, 6.45) is 1.76. The summed E-state index contributed by atoms with van der Waals surface area (Å²) in [6.45, 7) is 6.32. The zero-order valence-electron chi connectivity index (χ0n) is 15.8. The van der Waals surface area contributed by atoms with E-state index in [1.165, 1.54) is 36.0 Å². The molecular formula is C21H19N4O3S-. The largest absolute Gasteiger partial charge is 0.545 e. The van der Waals surface area contributed by atoms with E-state index in [9.17, 15) is 14.7 Å². The number of allylic oxidation sites excluding steroid dienone is 1. The SMILES string of the molecule is C=CCn1c(SCC(=O)Nc2ccc(C(=O)[O-])cc2)nnc1-c1ccccc1C. The maximum atomic E-state index is 12.3. The van der Waals surface area contributed by atoms with Gasteiger partial charge in [-0.25, -0.2) is 0 Å². The maximum absolute atomic E-state index is 12.3. The summed E-state index contributed by atoms with van der Waals surface area (Å²) in [4.78, 5) is 23.0. The molecule has 1 N–H and O–H groups in total. The van der Waals surface area contributed by atoms with Gasteiger partial charge in [0.2, 0.25) is 5.91 Å². The number of nitrogens with one attached hydrogen (secondary N) is 1. The molecule has 0 saturated carbocycles. The zero-order chi connectivity index (χ0) is 20.8. The Bertz CT molecular complexity index is 1040. The van der Waals surface area contributed by atoms with Gasteiger partial charge in [-0.05, 0) is 30.2 Å². The number of rotatable bonds is 8. The Morgan fingerprint density at radius 3 is 2.55 bits per heavy atom. The summed E-state index contributed by atoms with van der Waals surface area (Å²) in [7, 11) is 0. The lowest BCUT2D eigenvalue weighted by Gasteiger charge is -2.10. The Labute approximate surface area is 172 Å². The quantitative estimate of drug-likeness (QED) is 0.455. The molecule has 0 aliphatic carbocycles. The molecule has 0 bridgehead atoms. The van der Waals surface area contributed by atoms with Crippen molar-refractivity contribution in [1.82, 2.24) is 14.8 Å². The molecule has 0 spiro atoms. The van der Waals surface area contributed by atoms with Gasteiger partial charge in [0.15, 0.2) is 11.0 Å². The minimum Gasteiger partial charge on any atom is -0.545 e. The second kappa shape index (κ2) is 9.20. The van der Waals surface area contributed by atoms with Gasteiger partial charge in [0, 0.05) is 17.8 Å². The molecule has 0 fully saturated rings. The van der Waals surface area contributed by atoms with Crippen LogP contribution in [0, 0.1) is 6.92 Å². The number of amides is 1. The molecule has 148 valence electrons. The van der Waals surface area contributed by atoms with E-state index in [0.29, 0.717) is 17.4 Å². The number of carbonyl (C=O) groups is 2. The van der Waals surface area contributed by atoms with Crippen LogP contribution in [0.3, 0.4) is 0 Å². The number of nitrogens with zero attached hydrogens (tertiary/aromatic N) is 3. The van der Waals surface area contributed by atoms with E-state index in [0.717, 1.165) is 17.0 Å². The van der Waals surface area contributed by atoms with Crippen LogP contribution in [-0.2, 0) is 11.3 Å². The number of hydrogen-bond acceptors (Lipinski definition) is 6. The van der Waals surface area contributed by atoms with E-state index in [1.54, 1.807) is 6.08 Å². The lowest BCUT2D eigenvalue weighted by Crippen LogP contribution is -2.22. The first kappa shape index (κ1) is 20.3. The summed E-state index contributed by atoms with van der Waals surface area (Å²) in [6, 6.07) is 13.7. The highest BCUT2D eigenvalue weighted by Gasteiger charge is 2.16. The van der Waals surface area contributed by atoms with E-state index >= 15 is 0 Å². The Morgan fingerprint density at radius 1 is 1.17 bits per heavy atom. The minimum absolute atomic E-state index is 0.0543. The van der Waals surface area contributed by atoms with Gasteiger partial charge in [0.1, 0.15) is 0 Å². The molecular weight excluding hydrogens is 388 g/mol. The van der Waals surface area contributed by atoms with Crippen molar-refractivity contribution in [1.29, 1.82) is 0 Å². The first-order valence-electron chi connectivity index (χ1n) is 8.83. The molecule has 0 aliphatic heterocycles. The van der Waals surface area contributed by atoms with Crippen molar-refractivity contribution < 1.29 is 14.7 Å². The number of thioether (sulfide) groups is 1. The number of anilines is 1. The first-order chi connectivity index (χ1) is 14.0. The molecule has 0 radical (unpaired) electrons. The van der Waals surface area contributed by atoms with Crippen molar-refractivity contribution in [2.45, 2.75) is 18.6 Å². The Balaban J connectivity index is 1.70. The van der Waals surface area contributed by atoms with Gasteiger partial charge in [-0.3, -0.25) is 9.36 Å². The van der Waals surface area contributed by atoms with Gasteiger partial charge in [-0.2, -0.15) is 0 Å². The molecule has 0 unspecified atom stereocenters. The van der Waals surface area contributed by atoms with Gasteiger partial charge >= 0.3 is 0 Å². The smallest absolute Gasteiger partial charge is 0.234 e. The molecule has 1 amide bonds. The van der Waals surface area contributed by atoms with E-state index in [4.69, 9.17) is 0 Å². The van der Waals surface area contributed by atoms with Crippen LogP contribution in [0.2, 0.25) is 0 Å². The molecule has 0 atom stereocenters. The fraction of sp³-hybridized carbons (Fsp3) is 0.143. The maximum Gasteiger partial charge on any atom is 0.234 e. The van der Waals surface area contributed by atoms with Crippen LogP contribution in [0.15, 0.2) is 66.3 Å². The highest BCUT2D eigenvalue weighted by Crippen LogP contribution is 2.26. The normalized spacial score (nSPS) is 10.5.